The van der Waals surface area contributed by atoms with Crippen molar-refractivity contribution in [3.63, 3.8) is 0 Å². The molecule has 2 atom stereocenters. The number of carbonyl (C=O) groups excluding carboxylic acids is 1. The molecule has 1 aliphatic heterocycles. The molecule has 156 valence electrons. The molecule has 1 aromatic heterocycles. The number of alkyl halides is 3. The van der Waals surface area contributed by atoms with E-state index in [4.69, 9.17) is 11.6 Å². The first-order valence-electron chi connectivity index (χ1n) is 9.48. The lowest BCUT2D eigenvalue weighted by molar-refractivity contribution is -0.156. The molecule has 2 aliphatic rings. The van der Waals surface area contributed by atoms with Crippen molar-refractivity contribution in [2.75, 3.05) is 11.5 Å². The predicted molar refractivity (Wildman–Crippen MR) is 118 cm³/mol. The number of aryl methyl sites for hydroxylation is 1. The molecule has 0 bridgehead atoms. The third kappa shape index (κ3) is 2.78. The summed E-state index contributed by atoms with van der Waals surface area (Å²) in [7, 11) is 1.81. The number of rotatable bonds is 2. The summed E-state index contributed by atoms with van der Waals surface area (Å²) in [4.78, 5) is 13.6. The summed E-state index contributed by atoms with van der Waals surface area (Å²) < 4.78 is 44.7. The van der Waals surface area contributed by atoms with Crippen molar-refractivity contribution in [1.29, 1.82) is 0 Å². The van der Waals surface area contributed by atoms with Crippen LogP contribution in [0.2, 0.25) is 5.02 Å². The Hall–Kier alpha value is -1.57. The van der Waals surface area contributed by atoms with Crippen molar-refractivity contribution < 1.29 is 18.0 Å². The Kier molecular flexibility index (Phi) is 4.73. The molecule has 0 radical (unpaired) electrons. The zero-order chi connectivity index (χ0) is 21.3. The monoisotopic (exact) mass is 467 g/mol. The fourth-order valence-electron chi connectivity index (χ4n) is 4.91. The van der Waals surface area contributed by atoms with E-state index in [2.05, 4.69) is 0 Å². The van der Waals surface area contributed by atoms with Crippen molar-refractivity contribution in [3.8, 4) is 0 Å². The number of benzene rings is 2. The minimum atomic E-state index is -4.54. The Bertz CT molecular complexity index is 1150. The number of hydrogen-bond acceptors (Lipinski definition) is 3. The van der Waals surface area contributed by atoms with Gasteiger partial charge < -0.3 is 4.57 Å². The highest BCUT2D eigenvalue weighted by Gasteiger charge is 2.66. The van der Waals surface area contributed by atoms with Crippen molar-refractivity contribution >= 4 is 51.8 Å². The summed E-state index contributed by atoms with van der Waals surface area (Å²) in [5.41, 5.74) is 1.92. The van der Waals surface area contributed by atoms with E-state index in [0.29, 0.717) is 27.6 Å². The molecule has 30 heavy (non-hydrogen) atoms. The number of halogens is 4. The second-order valence-electron chi connectivity index (χ2n) is 7.57. The van der Waals surface area contributed by atoms with Gasteiger partial charge in [0.25, 0.3) is 0 Å². The lowest BCUT2D eigenvalue weighted by Gasteiger charge is -2.33. The van der Waals surface area contributed by atoms with Gasteiger partial charge in [0.05, 0.1) is 11.8 Å². The van der Waals surface area contributed by atoms with Gasteiger partial charge in [-0.2, -0.15) is 13.2 Å². The van der Waals surface area contributed by atoms with Crippen LogP contribution < -0.4 is 0 Å². The van der Waals surface area contributed by atoms with E-state index < -0.39 is 27.9 Å². The van der Waals surface area contributed by atoms with E-state index >= 15 is 0 Å². The van der Waals surface area contributed by atoms with Gasteiger partial charge in [-0.05, 0) is 35.9 Å². The average molecular weight is 468 g/mol. The van der Waals surface area contributed by atoms with Gasteiger partial charge in [0.15, 0.2) is 5.78 Å². The third-order valence-electron chi connectivity index (χ3n) is 6.01. The predicted octanol–water partition coefficient (Wildman–Crippen LogP) is 6.62. The van der Waals surface area contributed by atoms with Crippen LogP contribution in [0.15, 0.2) is 48.5 Å². The summed E-state index contributed by atoms with van der Waals surface area (Å²) in [6, 6.07) is 13.3. The second kappa shape index (κ2) is 6.97. The largest absolute Gasteiger partial charge is 0.396 e. The molecule has 0 unspecified atom stereocenters. The number of para-hydroxylation sites is 1. The maximum Gasteiger partial charge on any atom is 0.396 e. The first-order valence-corrected chi connectivity index (χ1v) is 11.8. The molecule has 2 nitrogen and oxygen atoms in total. The standard InChI is InChI=1S/C22H17ClF3NOS2/c1-27-15-5-3-2-4-14(15)16-17(22(24,25)26)18(21(20(16)27)29-10-11-30-21)19(28)12-6-8-13(23)9-7-12/h2-9,17-18H,10-11H2,1H3/t17-,18-/m1/s1. The highest BCUT2D eigenvalue weighted by Crippen LogP contribution is 2.69. The molecular weight excluding hydrogens is 451 g/mol. The minimum absolute atomic E-state index is 0.259. The normalized spacial score (nSPS) is 22.7. The number of ketones is 1. The fourth-order valence-corrected chi connectivity index (χ4v) is 8.75. The van der Waals surface area contributed by atoms with Crippen LogP contribution in [0, 0.1) is 5.92 Å². The van der Waals surface area contributed by atoms with E-state index in [0.717, 1.165) is 5.52 Å². The Morgan fingerprint density at radius 1 is 1.10 bits per heavy atom. The Labute approximate surface area is 185 Å². The summed E-state index contributed by atoms with van der Waals surface area (Å²) in [6.45, 7) is 0. The van der Waals surface area contributed by atoms with Crippen LogP contribution in [0.4, 0.5) is 13.2 Å². The average Bonchev–Trinajstić information content (AvgIpc) is 3.38. The molecular formula is C22H17ClF3NOS2. The number of carbonyl (C=O) groups is 1. The number of thioether (sulfide) groups is 2. The van der Waals surface area contributed by atoms with E-state index in [1.807, 2.05) is 23.7 Å². The highest BCUT2D eigenvalue weighted by atomic mass is 35.5. The van der Waals surface area contributed by atoms with Gasteiger partial charge in [0.2, 0.25) is 0 Å². The quantitative estimate of drug-likeness (QED) is 0.395. The first-order chi connectivity index (χ1) is 14.3. The summed E-state index contributed by atoms with van der Waals surface area (Å²) in [5, 5.41) is 1.02. The highest BCUT2D eigenvalue weighted by molar-refractivity contribution is 8.20. The number of nitrogens with zero attached hydrogens (tertiary/aromatic N) is 1. The maximum atomic E-state index is 14.6. The van der Waals surface area contributed by atoms with Crippen molar-refractivity contribution in [1.82, 2.24) is 4.57 Å². The van der Waals surface area contributed by atoms with E-state index in [1.54, 1.807) is 24.3 Å². The zero-order valence-electron chi connectivity index (χ0n) is 15.9. The second-order valence-corrected chi connectivity index (χ2v) is 10.9. The van der Waals surface area contributed by atoms with Crippen LogP contribution in [0.5, 0.6) is 0 Å². The van der Waals surface area contributed by atoms with Gasteiger partial charge in [0, 0.05) is 45.7 Å². The molecule has 3 aromatic rings. The number of aromatic nitrogens is 1. The zero-order valence-corrected chi connectivity index (χ0v) is 18.3. The molecule has 1 saturated heterocycles. The van der Waals surface area contributed by atoms with Crippen LogP contribution in [0.1, 0.15) is 27.5 Å². The van der Waals surface area contributed by atoms with Crippen LogP contribution in [-0.2, 0) is 11.1 Å². The van der Waals surface area contributed by atoms with Crippen molar-refractivity contribution in [3.05, 3.63) is 70.4 Å². The first kappa shape index (κ1) is 20.3. The molecule has 1 fully saturated rings. The molecule has 0 saturated carbocycles. The lowest BCUT2D eigenvalue weighted by Crippen LogP contribution is -2.38. The number of Topliss-reactive ketones (excluding diaryl/α,β-unsaturated/α-hetero) is 1. The Morgan fingerprint density at radius 2 is 1.73 bits per heavy atom. The maximum absolute atomic E-state index is 14.6. The summed E-state index contributed by atoms with van der Waals surface area (Å²) in [5.74, 6) is -2.13. The Balaban J connectivity index is 1.80. The minimum Gasteiger partial charge on any atom is -0.345 e. The number of hydrogen-bond donors (Lipinski definition) is 0. The van der Waals surface area contributed by atoms with Gasteiger partial charge in [-0.1, -0.05) is 29.8 Å². The summed E-state index contributed by atoms with van der Waals surface area (Å²) in [6.07, 6.45) is -4.54. The SMILES string of the molecule is Cn1c2c(c3ccccc31)[C@@H](C(F)(F)F)[C@H](C(=O)c1ccc(Cl)cc1)C21SCCS1. The van der Waals surface area contributed by atoms with E-state index in [9.17, 15) is 18.0 Å². The van der Waals surface area contributed by atoms with E-state index in [-0.39, 0.29) is 11.1 Å². The van der Waals surface area contributed by atoms with Gasteiger partial charge in [-0.25, -0.2) is 0 Å². The topological polar surface area (TPSA) is 22.0 Å². The lowest BCUT2D eigenvalue weighted by atomic mass is 9.84. The van der Waals surface area contributed by atoms with Gasteiger partial charge in [-0.3, -0.25) is 4.79 Å². The fraction of sp³-hybridized carbons (Fsp3) is 0.318. The van der Waals surface area contributed by atoms with E-state index in [1.165, 1.54) is 35.7 Å². The van der Waals surface area contributed by atoms with Gasteiger partial charge >= 0.3 is 6.18 Å². The smallest absolute Gasteiger partial charge is 0.345 e. The van der Waals surface area contributed by atoms with Gasteiger partial charge in [-0.15, -0.1) is 23.5 Å². The van der Waals surface area contributed by atoms with Crippen molar-refractivity contribution in [2.24, 2.45) is 13.0 Å². The van der Waals surface area contributed by atoms with Crippen molar-refractivity contribution in [2.45, 2.75) is 16.2 Å². The summed E-state index contributed by atoms with van der Waals surface area (Å²) >= 11 is 8.88. The van der Waals surface area contributed by atoms with Crippen LogP contribution in [0.3, 0.4) is 0 Å². The van der Waals surface area contributed by atoms with Crippen LogP contribution in [-0.4, -0.2) is 28.0 Å². The molecule has 8 heteroatoms. The molecule has 1 aliphatic carbocycles. The van der Waals surface area contributed by atoms with Crippen LogP contribution in [0.25, 0.3) is 10.9 Å². The third-order valence-corrected chi connectivity index (χ3v) is 9.80. The number of fused-ring (bicyclic) bond motifs is 4. The Morgan fingerprint density at radius 3 is 2.37 bits per heavy atom. The molecule has 0 N–H and O–H groups in total. The molecule has 5 rings (SSSR count). The van der Waals surface area contributed by atoms with Crippen LogP contribution >= 0.6 is 35.1 Å². The molecule has 2 heterocycles. The van der Waals surface area contributed by atoms with Gasteiger partial charge in [0.1, 0.15) is 4.08 Å². The molecule has 2 aromatic carbocycles. The molecule has 0 amide bonds. The molecule has 1 spiro atoms.